The first-order valence-electron chi connectivity index (χ1n) is 36.7. The predicted molar refractivity (Wildman–Crippen MR) is 434 cm³/mol. The first-order chi connectivity index (χ1) is 46.9. The Morgan fingerprint density at radius 1 is 0.347 bits per heavy atom. The summed E-state index contributed by atoms with van der Waals surface area (Å²) in [7, 11) is 2.01. The number of fused-ring (bicyclic) bond motifs is 7. The second kappa shape index (κ2) is 43.9. The number of aryl methyl sites for hydroxylation is 13. The Labute approximate surface area is 597 Å². The lowest BCUT2D eigenvalue weighted by molar-refractivity contribution is 0.880. The van der Waals surface area contributed by atoms with Gasteiger partial charge in [0.05, 0.1) is 33.5 Å². The van der Waals surface area contributed by atoms with Gasteiger partial charge >= 0.3 is 0 Å². The molecule has 1 aromatic carbocycles. The number of aromatic nitrogens is 9. The molecule has 0 atom stereocenters. The zero-order valence-corrected chi connectivity index (χ0v) is 68.2. The molecule has 9 aromatic heterocycles. The molecule has 9 nitrogen and oxygen atoms in total. The maximum absolute atomic E-state index is 4.40. The zero-order chi connectivity index (χ0) is 75.0. The molecule has 532 valence electrons. The first kappa shape index (κ1) is 87.7. The van der Waals surface area contributed by atoms with Gasteiger partial charge in [0.15, 0.2) is 0 Å². The van der Waals surface area contributed by atoms with Gasteiger partial charge in [-0.05, 0) is 288 Å². The molecule has 9 heterocycles. The van der Waals surface area contributed by atoms with Crippen LogP contribution in [0.2, 0.25) is 0 Å². The molecule has 0 saturated carbocycles. The molecule has 14 rings (SSSR count). The second-order valence-electron chi connectivity index (χ2n) is 23.9. The van der Waals surface area contributed by atoms with E-state index in [4.69, 9.17) is 0 Å². The average Bonchev–Trinajstić information content (AvgIpc) is 1.74. The van der Waals surface area contributed by atoms with Crippen LogP contribution in [-0.2, 0) is 32.7 Å². The van der Waals surface area contributed by atoms with Crippen molar-refractivity contribution in [1.29, 1.82) is 0 Å². The van der Waals surface area contributed by atoms with E-state index in [1.807, 2.05) is 165 Å². The molecule has 0 fully saturated rings. The quantitative estimate of drug-likeness (QED) is 0.150. The predicted octanol–water partition coefficient (Wildman–Crippen LogP) is 25.5. The molecule has 9 heteroatoms. The van der Waals surface area contributed by atoms with Gasteiger partial charge in [0.1, 0.15) is 5.82 Å². The van der Waals surface area contributed by atoms with E-state index in [-0.39, 0.29) is 0 Å². The van der Waals surface area contributed by atoms with Gasteiger partial charge in [-0.15, -0.1) is 0 Å². The Kier molecular flexibility index (Phi) is 39.3. The molecular formula is C89H131N9. The fraction of sp³-hybridized carbons (Fsp3) is 0.438. The number of imidazole rings is 1. The molecule has 0 bridgehead atoms. The zero-order valence-electron chi connectivity index (χ0n) is 68.2. The normalized spacial score (nSPS) is 11.9. The summed E-state index contributed by atoms with van der Waals surface area (Å²) in [5.41, 5.74) is 42.1. The number of rotatable bonds is 0. The molecular weight excluding hydrogens is 1200 g/mol. The van der Waals surface area contributed by atoms with Crippen molar-refractivity contribution in [1.82, 2.24) is 43.5 Å². The Hall–Kier alpha value is -8.30. The molecule has 0 radical (unpaired) electrons. The minimum absolute atomic E-state index is 1.03. The average molecular weight is 1330 g/mol. The minimum Gasteiger partial charge on any atom is -0.330 e. The van der Waals surface area contributed by atoms with Gasteiger partial charge in [0, 0.05) is 86.1 Å². The van der Waals surface area contributed by atoms with Crippen molar-refractivity contribution in [2.75, 3.05) is 0 Å². The SMILES string of the molecule is CC.CC.CC.CC.CC.CC.CC.CC1=C(C)c2c(C)cccc2C1.CC1=C(C)c2c(C)ccnc2C1.CC1=C(C)c2c(C)cncc2C1.CC1=C(C)c2c(ccnc2C)C1.Cc1cn2cccc(C)c2c1C.Cc1cn2nccc(C)c2c1C.Cc1nccc2nc(C)n(C)c12. The van der Waals surface area contributed by atoms with Gasteiger partial charge in [-0.25, -0.2) is 9.50 Å². The third kappa shape index (κ3) is 21.8. The Morgan fingerprint density at radius 3 is 1.33 bits per heavy atom. The van der Waals surface area contributed by atoms with Crippen LogP contribution < -0.4 is 0 Å². The van der Waals surface area contributed by atoms with E-state index in [0.29, 0.717) is 0 Å². The van der Waals surface area contributed by atoms with Gasteiger partial charge < -0.3 is 8.97 Å². The summed E-state index contributed by atoms with van der Waals surface area (Å²) >= 11 is 0. The Balaban J connectivity index is 0.000000554. The van der Waals surface area contributed by atoms with E-state index in [0.717, 1.165) is 48.2 Å². The Bertz CT molecular complexity index is 3760. The molecule has 4 aliphatic rings. The van der Waals surface area contributed by atoms with Crippen LogP contribution in [0, 0.1) is 83.1 Å². The van der Waals surface area contributed by atoms with Gasteiger partial charge in [0.2, 0.25) is 0 Å². The van der Waals surface area contributed by atoms with Crippen molar-refractivity contribution >= 4 is 44.4 Å². The van der Waals surface area contributed by atoms with Crippen LogP contribution in [0.1, 0.15) is 264 Å². The van der Waals surface area contributed by atoms with Crippen molar-refractivity contribution in [2.45, 2.75) is 261 Å². The molecule has 4 aliphatic carbocycles. The van der Waals surface area contributed by atoms with Gasteiger partial charge in [-0.3, -0.25) is 19.9 Å². The summed E-state index contributed by atoms with van der Waals surface area (Å²) < 4.78 is 6.21. The largest absolute Gasteiger partial charge is 0.330 e. The molecule has 0 aliphatic heterocycles. The van der Waals surface area contributed by atoms with Crippen LogP contribution in [0.3, 0.4) is 0 Å². The summed E-state index contributed by atoms with van der Waals surface area (Å²) in [6.45, 7) is 71.1. The highest BCUT2D eigenvalue weighted by molar-refractivity contribution is 5.80. The van der Waals surface area contributed by atoms with Crippen LogP contribution in [0.4, 0.5) is 0 Å². The standard InChI is InChI=1S/C12H14.4C11H13N.C10H12N2.C9H11N3.7C2H6/c1-8-5-4-6-11-7-9(2)10(3)12(8)11;1-7-4-10-6-12-5-8(2)11(10)9(7)3;1-7-6-10-4-5-12-9(3)11(10)8(7)2;1-7-4-5-12-10-6-8(2)9(3)11(7)10;1-8-5-4-6-12-7-9(2)10(3)11(8)12;1-7-4-5-11-12-6-8(2)9(3)10(7)12;1-6-9-8(4-5-10-6)11-7(2)12(9)3;7*1-2/h4-6H,7H2,1-3H3;5-6H,4H2,1-3H3;2*4-5H,6H2,1-3H3;4-7H,1-3H3;4-6H,1-3H3;4-5H,1-3H3;7*1-2H3. The van der Waals surface area contributed by atoms with Crippen molar-refractivity contribution in [3.8, 4) is 0 Å². The summed E-state index contributed by atoms with van der Waals surface area (Å²) in [6.07, 6.45) is 22.1. The first-order valence-corrected chi connectivity index (χ1v) is 36.7. The lowest BCUT2D eigenvalue weighted by atomic mass is 10.0. The summed E-state index contributed by atoms with van der Waals surface area (Å²) in [4.78, 5) is 21.5. The molecule has 98 heavy (non-hydrogen) atoms. The monoisotopic (exact) mass is 1330 g/mol. The highest BCUT2D eigenvalue weighted by Gasteiger charge is 2.20. The number of hydrogen-bond donors (Lipinski definition) is 0. The lowest BCUT2D eigenvalue weighted by Gasteiger charge is -2.04. The topological polar surface area (TPSA) is 91.1 Å². The summed E-state index contributed by atoms with van der Waals surface area (Å²) in [6, 6.07) is 19.0. The summed E-state index contributed by atoms with van der Waals surface area (Å²) in [5, 5.41) is 4.24. The Morgan fingerprint density at radius 2 is 0.796 bits per heavy atom. The fourth-order valence-corrected chi connectivity index (χ4v) is 12.5. The summed E-state index contributed by atoms with van der Waals surface area (Å²) in [5.74, 6) is 1.03. The molecule has 0 unspecified atom stereocenters. The van der Waals surface area contributed by atoms with E-state index >= 15 is 0 Å². The highest BCUT2D eigenvalue weighted by atomic mass is 15.2. The van der Waals surface area contributed by atoms with Crippen molar-refractivity contribution in [3.05, 3.63) is 245 Å². The smallest absolute Gasteiger partial charge is 0.106 e. The second-order valence-corrected chi connectivity index (χ2v) is 23.9. The molecule has 0 N–H and O–H groups in total. The van der Waals surface area contributed by atoms with Crippen molar-refractivity contribution < 1.29 is 0 Å². The maximum Gasteiger partial charge on any atom is 0.106 e. The maximum atomic E-state index is 4.40. The van der Waals surface area contributed by atoms with E-state index < -0.39 is 0 Å². The number of benzene rings is 1. The van der Waals surface area contributed by atoms with Gasteiger partial charge in [-0.2, -0.15) is 5.10 Å². The molecule has 0 amide bonds. The van der Waals surface area contributed by atoms with Crippen LogP contribution in [0.15, 0.2) is 133 Å². The molecule has 10 aromatic rings. The van der Waals surface area contributed by atoms with Crippen LogP contribution in [-0.4, -0.2) is 43.5 Å². The fourth-order valence-electron chi connectivity index (χ4n) is 12.5. The van der Waals surface area contributed by atoms with Crippen LogP contribution in [0.25, 0.3) is 44.4 Å². The third-order valence-corrected chi connectivity index (χ3v) is 18.0. The lowest BCUT2D eigenvalue weighted by Crippen LogP contribution is -1.93. The van der Waals surface area contributed by atoms with E-state index in [1.165, 1.54) is 156 Å². The van der Waals surface area contributed by atoms with E-state index in [2.05, 4.69) is 225 Å². The number of hydrogen-bond acceptors (Lipinski definition) is 6. The van der Waals surface area contributed by atoms with Crippen LogP contribution >= 0.6 is 0 Å². The van der Waals surface area contributed by atoms with Crippen LogP contribution in [0.5, 0.6) is 0 Å². The van der Waals surface area contributed by atoms with Gasteiger partial charge in [-0.1, -0.05) is 143 Å². The minimum atomic E-state index is 1.03. The van der Waals surface area contributed by atoms with Crippen molar-refractivity contribution in [2.24, 2.45) is 7.05 Å². The van der Waals surface area contributed by atoms with E-state index in [1.54, 1.807) is 6.20 Å². The van der Waals surface area contributed by atoms with Crippen molar-refractivity contribution in [3.63, 3.8) is 0 Å². The number of allylic oxidation sites excluding steroid dienone is 8. The van der Waals surface area contributed by atoms with E-state index in [9.17, 15) is 0 Å². The number of pyridine rings is 5. The third-order valence-electron chi connectivity index (χ3n) is 18.0. The highest BCUT2D eigenvalue weighted by Crippen LogP contribution is 2.37. The molecule has 0 saturated heterocycles. The van der Waals surface area contributed by atoms with Gasteiger partial charge in [0.25, 0.3) is 0 Å². The number of nitrogens with zero attached hydrogens (tertiary/aromatic N) is 9. The molecule has 0 spiro atoms.